The highest BCUT2D eigenvalue weighted by molar-refractivity contribution is 5.76. The summed E-state index contributed by atoms with van der Waals surface area (Å²) in [5, 5.41) is 9.58. The molecule has 0 bridgehead atoms. The van der Waals surface area contributed by atoms with Crippen molar-refractivity contribution in [1.29, 1.82) is 0 Å². The Morgan fingerprint density at radius 3 is 2.71 bits per heavy atom. The van der Waals surface area contributed by atoms with E-state index < -0.39 is 6.10 Å². The zero-order chi connectivity index (χ0) is 15.8. The van der Waals surface area contributed by atoms with Crippen LogP contribution in [0.1, 0.15) is 17.5 Å². The minimum atomic E-state index is -0.663. The summed E-state index contributed by atoms with van der Waals surface area (Å²) in [7, 11) is 3.18. The van der Waals surface area contributed by atoms with E-state index in [1.54, 1.807) is 7.05 Å². The summed E-state index contributed by atoms with van der Waals surface area (Å²) in [6.07, 6.45) is -0.381. The number of aryl methyl sites for hydroxylation is 2. The molecule has 0 heterocycles. The Balaban J connectivity index is 2.35. The topological polar surface area (TPSA) is 59.0 Å². The third-order valence-corrected chi connectivity index (χ3v) is 3.17. The summed E-state index contributed by atoms with van der Waals surface area (Å²) in [6.45, 7) is 4.82. The summed E-state index contributed by atoms with van der Waals surface area (Å²) in [6, 6.07) is 5.95. The summed E-state index contributed by atoms with van der Waals surface area (Å²) >= 11 is 0. The predicted octanol–water partition coefficient (Wildman–Crippen LogP) is 1.54. The standard InChI is InChI=1S/C16H25NO4/c1-12-5-6-15(13(2)9-12)21-8-7-16(19)17(3)10-14(18)11-20-4/h5-6,9,14,18H,7-8,10-11H2,1-4H3. The van der Waals surface area contributed by atoms with Gasteiger partial charge in [-0.3, -0.25) is 4.79 Å². The van der Waals surface area contributed by atoms with Crippen LogP contribution in [0.15, 0.2) is 18.2 Å². The van der Waals surface area contributed by atoms with Gasteiger partial charge in [-0.15, -0.1) is 0 Å². The molecule has 5 heteroatoms. The molecule has 1 rings (SSSR count). The van der Waals surface area contributed by atoms with E-state index in [2.05, 4.69) is 0 Å². The Morgan fingerprint density at radius 1 is 1.38 bits per heavy atom. The Bertz CT molecular complexity index is 462. The van der Waals surface area contributed by atoms with Crippen molar-refractivity contribution in [2.75, 3.05) is 33.9 Å². The highest BCUT2D eigenvalue weighted by atomic mass is 16.5. The van der Waals surface area contributed by atoms with Gasteiger partial charge in [-0.05, 0) is 25.5 Å². The number of hydrogen-bond donors (Lipinski definition) is 1. The average Bonchev–Trinajstić information content (AvgIpc) is 2.41. The first-order valence-electron chi connectivity index (χ1n) is 7.05. The summed E-state index contributed by atoms with van der Waals surface area (Å²) in [5.74, 6) is 0.741. The summed E-state index contributed by atoms with van der Waals surface area (Å²) in [4.78, 5) is 13.4. The Morgan fingerprint density at radius 2 is 2.10 bits per heavy atom. The number of aliphatic hydroxyl groups is 1. The Hall–Kier alpha value is -1.59. The van der Waals surface area contributed by atoms with Crippen LogP contribution in [0, 0.1) is 13.8 Å². The zero-order valence-corrected chi connectivity index (χ0v) is 13.3. The smallest absolute Gasteiger partial charge is 0.225 e. The average molecular weight is 295 g/mol. The molecule has 1 aromatic carbocycles. The fourth-order valence-electron chi connectivity index (χ4n) is 2.06. The third kappa shape index (κ3) is 6.14. The fourth-order valence-corrected chi connectivity index (χ4v) is 2.06. The second kappa shape index (κ2) is 8.64. The van der Waals surface area contributed by atoms with Crippen molar-refractivity contribution in [1.82, 2.24) is 4.90 Å². The van der Waals surface area contributed by atoms with Crippen LogP contribution in [-0.2, 0) is 9.53 Å². The highest BCUT2D eigenvalue weighted by Crippen LogP contribution is 2.18. The number of carbonyl (C=O) groups is 1. The van der Waals surface area contributed by atoms with Gasteiger partial charge in [0.25, 0.3) is 0 Å². The van der Waals surface area contributed by atoms with Crippen LogP contribution in [0.5, 0.6) is 5.75 Å². The van der Waals surface area contributed by atoms with Gasteiger partial charge in [0.05, 0.1) is 25.7 Å². The quantitative estimate of drug-likeness (QED) is 0.790. The van der Waals surface area contributed by atoms with Crippen LogP contribution in [-0.4, -0.2) is 55.9 Å². The van der Waals surface area contributed by atoms with Crippen molar-refractivity contribution >= 4 is 5.91 Å². The molecule has 1 N–H and O–H groups in total. The van der Waals surface area contributed by atoms with Gasteiger partial charge in [0, 0.05) is 20.7 Å². The van der Waals surface area contributed by atoms with Crippen molar-refractivity contribution in [3.05, 3.63) is 29.3 Å². The molecule has 0 saturated carbocycles. The molecule has 1 atom stereocenters. The maximum absolute atomic E-state index is 11.9. The van der Waals surface area contributed by atoms with Crippen LogP contribution in [0.4, 0.5) is 0 Å². The predicted molar refractivity (Wildman–Crippen MR) is 81.5 cm³/mol. The van der Waals surface area contributed by atoms with Crippen molar-refractivity contribution in [2.45, 2.75) is 26.4 Å². The largest absolute Gasteiger partial charge is 0.493 e. The molecule has 0 aromatic heterocycles. The van der Waals surface area contributed by atoms with E-state index in [4.69, 9.17) is 9.47 Å². The zero-order valence-electron chi connectivity index (χ0n) is 13.3. The maximum atomic E-state index is 11.9. The fraction of sp³-hybridized carbons (Fsp3) is 0.562. The molecule has 0 radical (unpaired) electrons. The number of aliphatic hydroxyl groups excluding tert-OH is 1. The molecule has 21 heavy (non-hydrogen) atoms. The van der Waals surface area contributed by atoms with Crippen molar-refractivity contribution < 1.29 is 19.4 Å². The van der Waals surface area contributed by atoms with Crippen LogP contribution >= 0.6 is 0 Å². The third-order valence-electron chi connectivity index (χ3n) is 3.17. The lowest BCUT2D eigenvalue weighted by molar-refractivity contribution is -0.132. The highest BCUT2D eigenvalue weighted by Gasteiger charge is 2.13. The molecule has 0 aliphatic carbocycles. The van der Waals surface area contributed by atoms with E-state index >= 15 is 0 Å². The lowest BCUT2D eigenvalue weighted by Gasteiger charge is -2.20. The van der Waals surface area contributed by atoms with Gasteiger partial charge < -0.3 is 19.5 Å². The lowest BCUT2D eigenvalue weighted by Crippen LogP contribution is -2.36. The van der Waals surface area contributed by atoms with Crippen molar-refractivity contribution in [3.8, 4) is 5.75 Å². The van der Waals surface area contributed by atoms with Gasteiger partial charge in [-0.1, -0.05) is 17.7 Å². The van der Waals surface area contributed by atoms with E-state index in [9.17, 15) is 9.90 Å². The minimum Gasteiger partial charge on any atom is -0.493 e. The number of nitrogens with zero attached hydrogens (tertiary/aromatic N) is 1. The number of ether oxygens (including phenoxy) is 2. The molecule has 5 nitrogen and oxygen atoms in total. The number of methoxy groups -OCH3 is 1. The van der Waals surface area contributed by atoms with Crippen molar-refractivity contribution in [2.24, 2.45) is 0 Å². The molecule has 0 aliphatic rings. The maximum Gasteiger partial charge on any atom is 0.225 e. The number of rotatable bonds is 8. The molecular formula is C16H25NO4. The number of hydrogen-bond acceptors (Lipinski definition) is 4. The Kier molecular flexibility index (Phi) is 7.19. The summed E-state index contributed by atoms with van der Waals surface area (Å²) in [5.41, 5.74) is 2.24. The van der Waals surface area contributed by atoms with Gasteiger partial charge in [0.1, 0.15) is 5.75 Å². The second-order valence-corrected chi connectivity index (χ2v) is 5.25. The molecular weight excluding hydrogens is 270 g/mol. The first-order valence-corrected chi connectivity index (χ1v) is 7.05. The number of carbonyl (C=O) groups excluding carboxylic acids is 1. The molecule has 1 aromatic rings. The van der Waals surface area contributed by atoms with Gasteiger partial charge in [0.2, 0.25) is 5.91 Å². The van der Waals surface area contributed by atoms with Gasteiger partial charge >= 0.3 is 0 Å². The molecule has 0 spiro atoms. The van der Waals surface area contributed by atoms with Crippen LogP contribution in [0.3, 0.4) is 0 Å². The molecule has 0 aliphatic heterocycles. The molecule has 0 fully saturated rings. The van der Waals surface area contributed by atoms with Crippen LogP contribution < -0.4 is 4.74 Å². The van der Waals surface area contributed by atoms with Gasteiger partial charge in [-0.2, -0.15) is 0 Å². The SMILES string of the molecule is COCC(O)CN(C)C(=O)CCOc1ccc(C)cc1C. The number of likely N-dealkylation sites (N-methyl/N-ethyl adjacent to an activating group) is 1. The number of amides is 1. The Labute approximate surface area is 126 Å². The monoisotopic (exact) mass is 295 g/mol. The molecule has 1 amide bonds. The molecule has 118 valence electrons. The first kappa shape index (κ1) is 17.5. The molecule has 0 saturated heterocycles. The van der Waals surface area contributed by atoms with Gasteiger partial charge in [0.15, 0.2) is 0 Å². The van der Waals surface area contributed by atoms with Crippen LogP contribution in [0.25, 0.3) is 0 Å². The van der Waals surface area contributed by atoms with E-state index in [1.807, 2.05) is 32.0 Å². The van der Waals surface area contributed by atoms with Crippen molar-refractivity contribution in [3.63, 3.8) is 0 Å². The molecule has 1 unspecified atom stereocenters. The van der Waals surface area contributed by atoms with E-state index in [-0.39, 0.29) is 25.5 Å². The van der Waals surface area contributed by atoms with Crippen LogP contribution in [0.2, 0.25) is 0 Å². The summed E-state index contributed by atoms with van der Waals surface area (Å²) < 4.78 is 10.5. The van der Waals surface area contributed by atoms with E-state index in [1.165, 1.54) is 17.6 Å². The van der Waals surface area contributed by atoms with E-state index in [0.717, 1.165) is 11.3 Å². The number of benzene rings is 1. The minimum absolute atomic E-state index is 0.0603. The first-order chi connectivity index (χ1) is 9.93. The second-order valence-electron chi connectivity index (χ2n) is 5.25. The van der Waals surface area contributed by atoms with Gasteiger partial charge in [-0.25, -0.2) is 0 Å². The van der Waals surface area contributed by atoms with E-state index in [0.29, 0.717) is 6.61 Å². The normalized spacial score (nSPS) is 12.0. The lowest BCUT2D eigenvalue weighted by atomic mass is 10.1.